The highest BCUT2D eigenvalue weighted by atomic mass is 19.4. The van der Waals surface area contributed by atoms with Crippen LogP contribution in [0.25, 0.3) is 6.08 Å². The molecule has 0 atom stereocenters. The van der Waals surface area contributed by atoms with Crippen LogP contribution in [0.4, 0.5) is 23.7 Å². The zero-order valence-corrected chi connectivity index (χ0v) is 12.3. The largest absolute Gasteiger partial charge is 0.418 e. The van der Waals surface area contributed by atoms with Gasteiger partial charge in [-0.25, -0.2) is 4.79 Å². The van der Waals surface area contributed by atoms with Gasteiger partial charge in [0.25, 0.3) is 0 Å². The number of nitrogens with one attached hydrogen (secondary N) is 2. The van der Waals surface area contributed by atoms with Gasteiger partial charge in [-0.15, -0.1) is 0 Å². The minimum Gasteiger partial charge on any atom is -0.314 e. The van der Waals surface area contributed by atoms with Crippen LogP contribution in [0.5, 0.6) is 0 Å². The van der Waals surface area contributed by atoms with Crippen molar-refractivity contribution in [1.29, 1.82) is 0 Å². The maximum Gasteiger partial charge on any atom is 0.418 e. The SMILES string of the molecule is Cc1cccc(/C=C/NC(=O)Nc2ccccc2C(F)(F)F)c1. The van der Waals surface area contributed by atoms with Crippen molar-refractivity contribution in [3.8, 4) is 0 Å². The van der Waals surface area contributed by atoms with Gasteiger partial charge in [0, 0.05) is 6.20 Å². The third-order valence-corrected chi connectivity index (χ3v) is 3.01. The van der Waals surface area contributed by atoms with E-state index in [-0.39, 0.29) is 5.69 Å². The van der Waals surface area contributed by atoms with Gasteiger partial charge in [0.2, 0.25) is 0 Å². The molecule has 2 aromatic carbocycles. The number of carbonyl (C=O) groups is 1. The summed E-state index contributed by atoms with van der Waals surface area (Å²) in [6.45, 7) is 1.94. The Morgan fingerprint density at radius 3 is 2.52 bits per heavy atom. The third-order valence-electron chi connectivity index (χ3n) is 3.01. The molecular formula is C17H15F3N2O. The summed E-state index contributed by atoms with van der Waals surface area (Å²) < 4.78 is 38.5. The summed E-state index contributed by atoms with van der Waals surface area (Å²) in [6.07, 6.45) is -1.50. The van der Waals surface area contributed by atoms with Gasteiger partial charge >= 0.3 is 12.2 Å². The molecule has 2 aromatic rings. The lowest BCUT2D eigenvalue weighted by Gasteiger charge is -2.13. The fourth-order valence-electron chi connectivity index (χ4n) is 1.99. The van der Waals surface area contributed by atoms with Gasteiger partial charge in [-0.2, -0.15) is 13.2 Å². The van der Waals surface area contributed by atoms with E-state index in [0.717, 1.165) is 17.2 Å². The highest BCUT2D eigenvalue weighted by Crippen LogP contribution is 2.34. The molecule has 120 valence electrons. The molecule has 0 fully saturated rings. The second-order valence-corrected chi connectivity index (χ2v) is 4.89. The van der Waals surface area contributed by atoms with E-state index in [9.17, 15) is 18.0 Å². The van der Waals surface area contributed by atoms with E-state index in [4.69, 9.17) is 0 Å². The van der Waals surface area contributed by atoms with E-state index >= 15 is 0 Å². The van der Waals surface area contributed by atoms with Crippen LogP contribution in [0.1, 0.15) is 16.7 Å². The molecule has 0 saturated heterocycles. The van der Waals surface area contributed by atoms with Crippen LogP contribution >= 0.6 is 0 Å². The zero-order valence-electron chi connectivity index (χ0n) is 12.3. The summed E-state index contributed by atoms with van der Waals surface area (Å²) in [5.41, 5.74) is 0.760. The quantitative estimate of drug-likeness (QED) is 0.837. The van der Waals surface area contributed by atoms with Gasteiger partial charge in [-0.1, -0.05) is 42.0 Å². The van der Waals surface area contributed by atoms with E-state index < -0.39 is 17.8 Å². The highest BCUT2D eigenvalue weighted by Gasteiger charge is 2.33. The summed E-state index contributed by atoms with van der Waals surface area (Å²) in [5, 5.41) is 4.57. The number of benzene rings is 2. The first-order valence-corrected chi connectivity index (χ1v) is 6.83. The minimum absolute atomic E-state index is 0.290. The number of hydrogen-bond acceptors (Lipinski definition) is 1. The molecule has 2 amide bonds. The Labute approximate surface area is 131 Å². The van der Waals surface area contributed by atoms with Gasteiger partial charge in [0.15, 0.2) is 0 Å². The fraction of sp³-hybridized carbons (Fsp3) is 0.118. The average Bonchev–Trinajstić information content (AvgIpc) is 2.47. The number of amides is 2. The standard InChI is InChI=1S/C17H15F3N2O/c1-12-5-4-6-13(11-12)9-10-21-16(23)22-15-8-3-2-7-14(15)17(18,19)20/h2-11H,1H3,(H2,21,22,23)/b10-9+. The highest BCUT2D eigenvalue weighted by molar-refractivity contribution is 5.91. The lowest BCUT2D eigenvalue weighted by Crippen LogP contribution is -2.25. The van der Waals surface area contributed by atoms with Crippen molar-refractivity contribution in [1.82, 2.24) is 5.32 Å². The molecule has 0 saturated carbocycles. The van der Waals surface area contributed by atoms with E-state index in [0.29, 0.717) is 0 Å². The predicted molar refractivity (Wildman–Crippen MR) is 83.8 cm³/mol. The van der Waals surface area contributed by atoms with Crippen molar-refractivity contribution < 1.29 is 18.0 Å². The molecule has 0 aliphatic carbocycles. The van der Waals surface area contributed by atoms with Crippen molar-refractivity contribution in [2.45, 2.75) is 13.1 Å². The molecule has 0 heterocycles. The lowest BCUT2D eigenvalue weighted by atomic mass is 10.1. The van der Waals surface area contributed by atoms with E-state index in [1.807, 2.05) is 31.2 Å². The van der Waals surface area contributed by atoms with Crippen molar-refractivity contribution in [2.24, 2.45) is 0 Å². The maximum absolute atomic E-state index is 12.8. The van der Waals surface area contributed by atoms with Crippen LogP contribution in [0.2, 0.25) is 0 Å². The maximum atomic E-state index is 12.8. The Kier molecular flexibility index (Phi) is 5.05. The van der Waals surface area contributed by atoms with Gasteiger partial charge in [-0.05, 0) is 30.7 Å². The predicted octanol–water partition coefficient (Wildman–Crippen LogP) is 4.81. The van der Waals surface area contributed by atoms with E-state index in [1.54, 1.807) is 6.08 Å². The molecule has 3 nitrogen and oxygen atoms in total. The summed E-state index contributed by atoms with van der Waals surface area (Å²) >= 11 is 0. The van der Waals surface area contributed by atoms with Crippen LogP contribution in [0.3, 0.4) is 0 Å². The van der Waals surface area contributed by atoms with Crippen molar-refractivity contribution in [2.75, 3.05) is 5.32 Å². The molecule has 0 bridgehead atoms. The monoisotopic (exact) mass is 320 g/mol. The number of rotatable bonds is 3. The minimum atomic E-state index is -4.53. The van der Waals surface area contributed by atoms with Gasteiger partial charge in [0.1, 0.15) is 0 Å². The number of hydrogen-bond donors (Lipinski definition) is 2. The Morgan fingerprint density at radius 1 is 1.09 bits per heavy atom. The molecule has 0 aliphatic heterocycles. The second-order valence-electron chi connectivity index (χ2n) is 4.89. The number of carbonyl (C=O) groups excluding carboxylic acids is 1. The smallest absolute Gasteiger partial charge is 0.314 e. The lowest BCUT2D eigenvalue weighted by molar-refractivity contribution is -0.136. The molecule has 0 unspecified atom stereocenters. The molecule has 6 heteroatoms. The first-order chi connectivity index (χ1) is 10.9. The second kappa shape index (κ2) is 7.00. The Hall–Kier alpha value is -2.76. The van der Waals surface area contributed by atoms with Crippen LogP contribution in [0.15, 0.2) is 54.7 Å². The summed E-state index contributed by atoms with van der Waals surface area (Å²) in [5.74, 6) is 0. The van der Waals surface area contributed by atoms with Crippen molar-refractivity contribution >= 4 is 17.8 Å². The Balaban J connectivity index is 2.01. The number of halogens is 3. The first-order valence-electron chi connectivity index (χ1n) is 6.83. The molecule has 2 rings (SSSR count). The fourth-order valence-corrected chi connectivity index (χ4v) is 1.99. The molecule has 0 aromatic heterocycles. The topological polar surface area (TPSA) is 41.1 Å². The number of aryl methyl sites for hydroxylation is 1. The number of para-hydroxylation sites is 1. The van der Waals surface area contributed by atoms with E-state index in [2.05, 4.69) is 10.6 Å². The number of anilines is 1. The zero-order chi connectivity index (χ0) is 16.9. The first kappa shape index (κ1) is 16.6. The third kappa shape index (κ3) is 4.88. The van der Waals surface area contributed by atoms with Crippen LogP contribution in [-0.2, 0) is 6.18 Å². The number of urea groups is 1. The molecule has 2 N–H and O–H groups in total. The van der Waals surface area contributed by atoms with Gasteiger partial charge in [0.05, 0.1) is 11.3 Å². The number of alkyl halides is 3. The molecule has 23 heavy (non-hydrogen) atoms. The van der Waals surface area contributed by atoms with Crippen LogP contribution in [0, 0.1) is 6.92 Å². The van der Waals surface area contributed by atoms with E-state index in [1.165, 1.54) is 24.4 Å². The molecule has 0 aliphatic rings. The molecule has 0 radical (unpaired) electrons. The molecular weight excluding hydrogens is 305 g/mol. The Bertz CT molecular complexity index is 724. The summed E-state index contributed by atoms with van der Waals surface area (Å²) in [4.78, 5) is 11.7. The van der Waals surface area contributed by atoms with Crippen molar-refractivity contribution in [3.05, 3.63) is 71.4 Å². The van der Waals surface area contributed by atoms with Crippen molar-refractivity contribution in [3.63, 3.8) is 0 Å². The van der Waals surface area contributed by atoms with Gasteiger partial charge < -0.3 is 10.6 Å². The normalized spacial score (nSPS) is 11.5. The summed E-state index contributed by atoms with van der Waals surface area (Å²) in [7, 11) is 0. The average molecular weight is 320 g/mol. The van der Waals surface area contributed by atoms with Gasteiger partial charge in [-0.3, -0.25) is 0 Å². The van der Waals surface area contributed by atoms with Crippen LogP contribution < -0.4 is 10.6 Å². The van der Waals surface area contributed by atoms with Crippen LogP contribution in [-0.4, -0.2) is 6.03 Å². The molecule has 0 spiro atoms. The summed E-state index contributed by atoms with van der Waals surface area (Å²) in [6, 6.07) is 11.6. The Morgan fingerprint density at radius 2 is 1.83 bits per heavy atom.